The summed E-state index contributed by atoms with van der Waals surface area (Å²) in [6, 6.07) is 0. The zero-order chi connectivity index (χ0) is 13.5. The molecule has 0 bridgehead atoms. The van der Waals surface area contributed by atoms with Crippen molar-refractivity contribution in [3.05, 3.63) is 18.1 Å². The average Bonchev–Trinajstić information content (AvgIpc) is 2.44. The molecule has 0 spiro atoms. The van der Waals surface area contributed by atoms with Crippen LogP contribution in [0.2, 0.25) is 0 Å². The second-order valence-electron chi connectivity index (χ2n) is 5.52. The molecule has 0 saturated heterocycles. The van der Waals surface area contributed by atoms with Crippen molar-refractivity contribution < 1.29 is 4.74 Å². The highest BCUT2D eigenvalue weighted by Gasteiger charge is 2.19. The van der Waals surface area contributed by atoms with Crippen LogP contribution in [0.5, 0.6) is 5.88 Å². The highest BCUT2D eigenvalue weighted by molar-refractivity contribution is 5.07. The summed E-state index contributed by atoms with van der Waals surface area (Å²) in [5.41, 5.74) is 0.970. The standard InChI is InChI=1S/C15H25N3O/c1-3-8-16-9-13-10-18-15(11-17-13)19-14-6-4-12(2)5-7-14/h10-12,14,16H,3-9H2,1-2H3. The largest absolute Gasteiger partial charge is 0.473 e. The van der Waals surface area contributed by atoms with Crippen molar-refractivity contribution in [2.75, 3.05) is 6.54 Å². The minimum absolute atomic E-state index is 0.328. The molecule has 1 aromatic heterocycles. The summed E-state index contributed by atoms with van der Waals surface area (Å²) in [5.74, 6) is 1.51. The van der Waals surface area contributed by atoms with Crippen LogP contribution in [0, 0.1) is 5.92 Å². The molecule has 4 nitrogen and oxygen atoms in total. The van der Waals surface area contributed by atoms with Gasteiger partial charge in [0, 0.05) is 6.54 Å². The molecule has 0 aliphatic heterocycles. The van der Waals surface area contributed by atoms with E-state index < -0.39 is 0 Å². The van der Waals surface area contributed by atoms with Gasteiger partial charge in [0.2, 0.25) is 5.88 Å². The number of nitrogens with zero attached hydrogens (tertiary/aromatic N) is 2. The molecule has 0 amide bonds. The first-order valence-corrected chi connectivity index (χ1v) is 7.46. The van der Waals surface area contributed by atoms with Gasteiger partial charge < -0.3 is 10.1 Å². The molecule has 106 valence electrons. The number of aromatic nitrogens is 2. The molecule has 1 aliphatic rings. The quantitative estimate of drug-likeness (QED) is 0.802. The molecule has 1 aliphatic carbocycles. The van der Waals surface area contributed by atoms with Gasteiger partial charge in [-0.2, -0.15) is 0 Å². The molecular formula is C15H25N3O. The predicted octanol–water partition coefficient (Wildman–Crippen LogP) is 2.93. The lowest BCUT2D eigenvalue weighted by Gasteiger charge is -2.26. The van der Waals surface area contributed by atoms with Crippen molar-refractivity contribution in [3.8, 4) is 5.88 Å². The molecule has 1 heterocycles. The van der Waals surface area contributed by atoms with Crippen molar-refractivity contribution in [2.24, 2.45) is 5.92 Å². The Labute approximate surface area is 116 Å². The third-order valence-electron chi connectivity index (χ3n) is 3.66. The predicted molar refractivity (Wildman–Crippen MR) is 76.1 cm³/mol. The first-order valence-electron chi connectivity index (χ1n) is 7.46. The molecule has 1 fully saturated rings. The summed E-state index contributed by atoms with van der Waals surface area (Å²) < 4.78 is 5.89. The van der Waals surface area contributed by atoms with Gasteiger partial charge in [-0.3, -0.25) is 4.98 Å². The second-order valence-corrected chi connectivity index (χ2v) is 5.52. The van der Waals surface area contributed by atoms with Crippen LogP contribution in [0.15, 0.2) is 12.4 Å². The fourth-order valence-electron chi connectivity index (χ4n) is 2.41. The van der Waals surface area contributed by atoms with Crippen LogP contribution in [-0.4, -0.2) is 22.6 Å². The van der Waals surface area contributed by atoms with Gasteiger partial charge in [-0.1, -0.05) is 13.8 Å². The minimum Gasteiger partial charge on any atom is -0.473 e. The van der Waals surface area contributed by atoms with Crippen LogP contribution in [-0.2, 0) is 6.54 Å². The van der Waals surface area contributed by atoms with Gasteiger partial charge in [0.1, 0.15) is 6.10 Å². The van der Waals surface area contributed by atoms with Gasteiger partial charge in [-0.05, 0) is 44.6 Å². The van der Waals surface area contributed by atoms with Crippen LogP contribution in [0.25, 0.3) is 0 Å². The third-order valence-corrected chi connectivity index (χ3v) is 3.66. The van der Waals surface area contributed by atoms with E-state index >= 15 is 0 Å². The smallest absolute Gasteiger partial charge is 0.232 e. The van der Waals surface area contributed by atoms with Crippen LogP contribution in [0.1, 0.15) is 51.6 Å². The number of hydrogen-bond donors (Lipinski definition) is 1. The molecule has 0 aromatic carbocycles. The van der Waals surface area contributed by atoms with E-state index in [9.17, 15) is 0 Å². The Morgan fingerprint density at radius 1 is 1.21 bits per heavy atom. The first kappa shape index (κ1) is 14.3. The summed E-state index contributed by atoms with van der Waals surface area (Å²) in [7, 11) is 0. The van der Waals surface area contributed by atoms with Crippen LogP contribution < -0.4 is 10.1 Å². The number of rotatable bonds is 6. The normalized spacial score (nSPS) is 23.3. The van der Waals surface area contributed by atoms with E-state index in [2.05, 4.69) is 29.1 Å². The summed E-state index contributed by atoms with van der Waals surface area (Å²) in [4.78, 5) is 8.73. The fraction of sp³-hybridized carbons (Fsp3) is 0.733. The van der Waals surface area contributed by atoms with E-state index in [-0.39, 0.29) is 0 Å². The SMILES string of the molecule is CCCNCc1cnc(OC2CCC(C)CC2)cn1. The molecule has 0 unspecified atom stereocenters. The lowest BCUT2D eigenvalue weighted by Crippen LogP contribution is -2.23. The molecule has 0 atom stereocenters. The zero-order valence-electron chi connectivity index (χ0n) is 12.1. The van der Waals surface area contributed by atoms with Crippen LogP contribution in [0.3, 0.4) is 0 Å². The first-order chi connectivity index (χ1) is 9.28. The lowest BCUT2D eigenvalue weighted by atomic mass is 9.89. The van der Waals surface area contributed by atoms with E-state index in [1.165, 1.54) is 12.8 Å². The van der Waals surface area contributed by atoms with Crippen molar-refractivity contribution in [3.63, 3.8) is 0 Å². The van der Waals surface area contributed by atoms with Gasteiger partial charge in [0.25, 0.3) is 0 Å². The number of ether oxygens (including phenoxy) is 1. The summed E-state index contributed by atoms with van der Waals surface area (Å²) >= 11 is 0. The van der Waals surface area contributed by atoms with E-state index in [1.54, 1.807) is 6.20 Å². The highest BCUT2D eigenvalue weighted by Crippen LogP contribution is 2.26. The average molecular weight is 263 g/mol. The van der Waals surface area contributed by atoms with Gasteiger partial charge in [0.15, 0.2) is 0 Å². The lowest BCUT2D eigenvalue weighted by molar-refractivity contribution is 0.129. The van der Waals surface area contributed by atoms with Crippen molar-refractivity contribution in [1.82, 2.24) is 15.3 Å². The Morgan fingerprint density at radius 2 is 2.00 bits per heavy atom. The monoisotopic (exact) mass is 263 g/mol. The topological polar surface area (TPSA) is 47.0 Å². The van der Waals surface area contributed by atoms with Crippen LogP contribution >= 0.6 is 0 Å². The van der Waals surface area contributed by atoms with E-state index in [1.807, 2.05) is 6.20 Å². The van der Waals surface area contributed by atoms with Gasteiger partial charge in [0.05, 0.1) is 18.1 Å². The van der Waals surface area contributed by atoms with Crippen molar-refractivity contribution >= 4 is 0 Å². The summed E-state index contributed by atoms with van der Waals surface area (Å²) in [5, 5.41) is 3.31. The van der Waals surface area contributed by atoms with Gasteiger partial charge in [-0.25, -0.2) is 4.98 Å². The zero-order valence-corrected chi connectivity index (χ0v) is 12.1. The Kier molecular flexibility index (Phi) is 5.58. The highest BCUT2D eigenvalue weighted by atomic mass is 16.5. The number of nitrogens with one attached hydrogen (secondary N) is 1. The Hall–Kier alpha value is -1.16. The Balaban J connectivity index is 1.78. The maximum absolute atomic E-state index is 5.89. The van der Waals surface area contributed by atoms with Crippen LogP contribution in [0.4, 0.5) is 0 Å². The molecule has 1 N–H and O–H groups in total. The Bertz CT molecular complexity index is 358. The summed E-state index contributed by atoms with van der Waals surface area (Å²) in [6.07, 6.45) is 9.83. The van der Waals surface area contributed by atoms with Gasteiger partial charge in [-0.15, -0.1) is 0 Å². The molecular weight excluding hydrogens is 238 g/mol. The molecule has 19 heavy (non-hydrogen) atoms. The molecule has 0 radical (unpaired) electrons. The summed E-state index contributed by atoms with van der Waals surface area (Å²) in [6.45, 7) is 6.26. The molecule has 2 rings (SSSR count). The maximum atomic E-state index is 5.89. The van der Waals surface area contributed by atoms with Gasteiger partial charge >= 0.3 is 0 Å². The van der Waals surface area contributed by atoms with E-state index in [0.717, 1.165) is 44.0 Å². The third kappa shape index (κ3) is 4.78. The van der Waals surface area contributed by atoms with E-state index in [0.29, 0.717) is 12.0 Å². The van der Waals surface area contributed by atoms with E-state index in [4.69, 9.17) is 4.74 Å². The molecule has 4 heteroatoms. The maximum Gasteiger partial charge on any atom is 0.232 e. The van der Waals surface area contributed by atoms with Crippen molar-refractivity contribution in [1.29, 1.82) is 0 Å². The van der Waals surface area contributed by atoms with Crippen molar-refractivity contribution in [2.45, 2.75) is 58.6 Å². The minimum atomic E-state index is 0.328. The molecule has 1 saturated carbocycles. The number of hydrogen-bond acceptors (Lipinski definition) is 4. The second kappa shape index (κ2) is 7.43. The molecule has 1 aromatic rings. The Morgan fingerprint density at radius 3 is 2.63 bits per heavy atom. The fourth-order valence-corrected chi connectivity index (χ4v) is 2.41.